The number of fused-ring (bicyclic) bond motifs is 1. The van der Waals surface area contributed by atoms with E-state index in [1.807, 2.05) is 12.3 Å². The van der Waals surface area contributed by atoms with Crippen molar-refractivity contribution >= 4 is 22.8 Å². The maximum Gasteiger partial charge on any atom is 0.319 e. The minimum atomic E-state index is -0.228. The van der Waals surface area contributed by atoms with Crippen molar-refractivity contribution in [3.05, 3.63) is 41.9 Å². The van der Waals surface area contributed by atoms with Gasteiger partial charge < -0.3 is 30.4 Å². The molecule has 0 bridgehead atoms. The molecule has 3 atom stereocenters. The quantitative estimate of drug-likeness (QED) is 0.447. The first-order chi connectivity index (χ1) is 18.1. The molecule has 5 heterocycles. The molecule has 3 aliphatic rings. The predicted octanol–water partition coefficient (Wildman–Crippen LogP) is 2.90. The zero-order chi connectivity index (χ0) is 25.2. The third-order valence-electron chi connectivity index (χ3n) is 7.97. The van der Waals surface area contributed by atoms with Crippen LogP contribution in [-0.2, 0) is 4.74 Å². The lowest BCUT2D eigenvalue weighted by molar-refractivity contribution is 0.0643. The highest BCUT2D eigenvalue weighted by Gasteiger charge is 2.28. The molecule has 2 saturated heterocycles. The van der Waals surface area contributed by atoms with Crippen LogP contribution in [0.3, 0.4) is 0 Å². The molecule has 0 spiro atoms. The van der Waals surface area contributed by atoms with Crippen LogP contribution in [-0.4, -0.2) is 70.3 Å². The van der Waals surface area contributed by atoms with Gasteiger partial charge in [-0.25, -0.2) is 4.98 Å². The van der Waals surface area contributed by atoms with Gasteiger partial charge in [0.2, 0.25) is 0 Å². The summed E-state index contributed by atoms with van der Waals surface area (Å²) in [6.45, 7) is 2.79. The van der Waals surface area contributed by atoms with Gasteiger partial charge in [0.1, 0.15) is 23.8 Å². The number of piperidine rings is 1. The lowest BCUT2D eigenvalue weighted by Crippen LogP contribution is -2.44. The molecule has 0 radical (unpaired) electrons. The number of aromatic nitrogens is 4. The van der Waals surface area contributed by atoms with E-state index < -0.39 is 0 Å². The SMILES string of the molecule is N[C@@H]1CCC[C@H]1NC(=O)c1cc(N2CCC(c3c[nH]c4ncccc34)CC2)nc(OC[C@H]2CCCO2)n1. The summed E-state index contributed by atoms with van der Waals surface area (Å²) in [4.78, 5) is 32.3. The van der Waals surface area contributed by atoms with Crippen LogP contribution >= 0.6 is 0 Å². The van der Waals surface area contributed by atoms with E-state index in [1.54, 1.807) is 6.07 Å². The molecule has 3 aromatic rings. The first kappa shape index (κ1) is 24.1. The minimum absolute atomic E-state index is 0.0146. The Kier molecular flexibility index (Phi) is 6.93. The topological polar surface area (TPSA) is 131 Å². The Morgan fingerprint density at radius 2 is 2.08 bits per heavy atom. The van der Waals surface area contributed by atoms with Crippen LogP contribution in [0.2, 0.25) is 0 Å². The maximum absolute atomic E-state index is 13.2. The number of hydrogen-bond acceptors (Lipinski definition) is 8. The van der Waals surface area contributed by atoms with E-state index in [1.165, 1.54) is 10.9 Å². The summed E-state index contributed by atoms with van der Waals surface area (Å²) in [5.74, 6) is 0.935. The van der Waals surface area contributed by atoms with Crippen LogP contribution in [0.25, 0.3) is 11.0 Å². The summed E-state index contributed by atoms with van der Waals surface area (Å²) in [5, 5.41) is 4.27. The zero-order valence-corrected chi connectivity index (χ0v) is 21.1. The van der Waals surface area contributed by atoms with Crippen LogP contribution in [0.1, 0.15) is 66.9 Å². The van der Waals surface area contributed by atoms with Crippen molar-refractivity contribution in [2.24, 2.45) is 5.73 Å². The Balaban J connectivity index is 1.19. The van der Waals surface area contributed by atoms with E-state index in [2.05, 4.69) is 37.4 Å². The molecule has 2 aliphatic heterocycles. The molecule has 0 unspecified atom stereocenters. The van der Waals surface area contributed by atoms with E-state index in [0.29, 0.717) is 18.2 Å². The number of anilines is 1. The second-order valence-electron chi connectivity index (χ2n) is 10.4. The third kappa shape index (κ3) is 5.26. The average Bonchev–Trinajstić information content (AvgIpc) is 3.69. The first-order valence-corrected chi connectivity index (χ1v) is 13.5. The maximum atomic E-state index is 13.2. The molecule has 37 heavy (non-hydrogen) atoms. The van der Waals surface area contributed by atoms with Gasteiger partial charge >= 0.3 is 6.01 Å². The molecule has 0 aromatic carbocycles. The molecule has 6 rings (SSSR count). The van der Waals surface area contributed by atoms with Gasteiger partial charge in [-0.2, -0.15) is 9.97 Å². The summed E-state index contributed by atoms with van der Waals surface area (Å²) in [7, 11) is 0. The van der Waals surface area contributed by atoms with Crippen LogP contribution in [0, 0.1) is 0 Å². The standard InChI is InChI=1S/C27H35N7O3/c28-21-6-1-7-22(21)31-26(35)23-14-24(33-27(32-23)37-16-18-4-3-13-36-18)34-11-8-17(9-12-34)20-15-30-25-19(20)5-2-10-29-25/h2,5,10,14-15,17-18,21-22H,1,3-4,6-9,11-13,16,28H2,(H,29,30)(H,31,35)/t18-,21-,22-/m1/s1. The second-order valence-corrected chi connectivity index (χ2v) is 10.4. The van der Waals surface area contributed by atoms with Crippen molar-refractivity contribution in [3.63, 3.8) is 0 Å². The predicted molar refractivity (Wildman–Crippen MR) is 140 cm³/mol. The van der Waals surface area contributed by atoms with E-state index in [0.717, 1.165) is 76.1 Å². The molecule has 3 fully saturated rings. The van der Waals surface area contributed by atoms with E-state index in [4.69, 9.17) is 20.2 Å². The van der Waals surface area contributed by atoms with E-state index in [9.17, 15) is 4.79 Å². The fourth-order valence-electron chi connectivity index (χ4n) is 5.84. The number of rotatable bonds is 7. The normalized spacial score (nSPS) is 24.6. The molecular formula is C27H35N7O3. The fourth-order valence-corrected chi connectivity index (χ4v) is 5.84. The number of amides is 1. The Morgan fingerprint density at radius 1 is 1.19 bits per heavy atom. The van der Waals surface area contributed by atoms with E-state index >= 15 is 0 Å². The van der Waals surface area contributed by atoms with Crippen molar-refractivity contribution in [2.45, 2.75) is 69.1 Å². The molecule has 196 valence electrons. The third-order valence-corrected chi connectivity index (χ3v) is 7.97. The van der Waals surface area contributed by atoms with Crippen LogP contribution in [0.5, 0.6) is 6.01 Å². The number of ether oxygens (including phenoxy) is 2. The Bertz CT molecular complexity index is 1230. The van der Waals surface area contributed by atoms with Gasteiger partial charge in [-0.1, -0.05) is 0 Å². The zero-order valence-electron chi connectivity index (χ0n) is 21.1. The number of hydrogen-bond donors (Lipinski definition) is 3. The Morgan fingerprint density at radius 3 is 2.86 bits per heavy atom. The minimum Gasteiger partial charge on any atom is -0.461 e. The van der Waals surface area contributed by atoms with Crippen LogP contribution in [0.15, 0.2) is 30.6 Å². The molecule has 4 N–H and O–H groups in total. The fraction of sp³-hybridized carbons (Fsp3) is 0.556. The van der Waals surface area contributed by atoms with Crippen molar-refractivity contribution in [1.29, 1.82) is 0 Å². The number of carbonyl (C=O) groups is 1. The summed E-state index contributed by atoms with van der Waals surface area (Å²) in [6, 6.07) is 6.08. The van der Waals surface area contributed by atoms with Crippen molar-refractivity contribution in [3.8, 4) is 6.01 Å². The first-order valence-electron chi connectivity index (χ1n) is 13.5. The number of aromatic amines is 1. The molecule has 1 saturated carbocycles. The number of H-pyrrole nitrogens is 1. The average molecular weight is 506 g/mol. The van der Waals surface area contributed by atoms with E-state index in [-0.39, 0.29) is 30.1 Å². The Hall–Kier alpha value is -3.24. The van der Waals surface area contributed by atoms with Gasteiger partial charge in [0, 0.05) is 55.6 Å². The van der Waals surface area contributed by atoms with Gasteiger partial charge in [0.25, 0.3) is 5.91 Å². The number of nitrogens with zero attached hydrogens (tertiary/aromatic N) is 4. The summed E-state index contributed by atoms with van der Waals surface area (Å²) < 4.78 is 11.6. The summed E-state index contributed by atoms with van der Waals surface area (Å²) >= 11 is 0. The summed E-state index contributed by atoms with van der Waals surface area (Å²) in [6.07, 6.45) is 10.8. The number of pyridine rings is 1. The monoisotopic (exact) mass is 505 g/mol. The van der Waals surface area contributed by atoms with Crippen LogP contribution in [0.4, 0.5) is 5.82 Å². The van der Waals surface area contributed by atoms with Gasteiger partial charge in [0.15, 0.2) is 0 Å². The molecule has 3 aromatic heterocycles. The van der Waals surface area contributed by atoms with Gasteiger partial charge in [-0.15, -0.1) is 0 Å². The second kappa shape index (κ2) is 10.6. The lowest BCUT2D eigenvalue weighted by atomic mass is 9.89. The highest BCUT2D eigenvalue weighted by atomic mass is 16.5. The molecule has 10 nitrogen and oxygen atoms in total. The van der Waals surface area contributed by atoms with Crippen molar-refractivity contribution in [2.75, 3.05) is 31.2 Å². The summed E-state index contributed by atoms with van der Waals surface area (Å²) in [5.41, 5.74) is 8.75. The number of nitrogens with two attached hydrogens (primary N) is 1. The number of carbonyl (C=O) groups excluding carboxylic acids is 1. The van der Waals surface area contributed by atoms with Gasteiger partial charge in [-0.3, -0.25) is 4.79 Å². The molecular weight excluding hydrogens is 470 g/mol. The highest BCUT2D eigenvalue weighted by Crippen LogP contribution is 2.34. The van der Waals surface area contributed by atoms with Crippen molar-refractivity contribution in [1.82, 2.24) is 25.3 Å². The van der Waals surface area contributed by atoms with Gasteiger partial charge in [0.05, 0.1) is 6.10 Å². The van der Waals surface area contributed by atoms with Crippen molar-refractivity contribution < 1.29 is 14.3 Å². The lowest BCUT2D eigenvalue weighted by Gasteiger charge is -2.33. The largest absolute Gasteiger partial charge is 0.461 e. The van der Waals surface area contributed by atoms with Gasteiger partial charge in [-0.05, 0) is 68.6 Å². The molecule has 1 aliphatic carbocycles. The Labute approximate surface area is 216 Å². The smallest absolute Gasteiger partial charge is 0.319 e. The number of nitrogens with one attached hydrogen (secondary N) is 2. The molecule has 1 amide bonds. The van der Waals surface area contributed by atoms with Crippen LogP contribution < -0.4 is 20.7 Å². The highest BCUT2D eigenvalue weighted by molar-refractivity contribution is 5.93. The molecule has 10 heteroatoms.